The Hall–Kier alpha value is -8.27. The van der Waals surface area contributed by atoms with Crippen LogP contribution in [0.4, 0.5) is 0 Å². The Labute approximate surface area is 717 Å². The number of hydrogen-bond donors (Lipinski definition) is 20. The first-order chi connectivity index (χ1) is 57.4. The summed E-state index contributed by atoms with van der Waals surface area (Å²) in [6, 6.07) is -11.5. The Bertz CT molecular complexity index is 3710. The number of aliphatic carboxylic acids is 1. The van der Waals surface area contributed by atoms with Gasteiger partial charge >= 0.3 is 5.97 Å². The van der Waals surface area contributed by atoms with E-state index < -0.39 is 210 Å². The number of primary amides is 1. The molecule has 18 atom stereocenters. The SMILES string of the molecule is CCC[C@H](NC(C)=O)C(=O)N[C@H]1CSCc2cccc(c2)CSC[C@@H](C(N)=O)NC(=O)[C@H]([C@@H](C)O)NC(=O)[C@H](CCC)NC(=O)[C@H](CC2CCC(O)CC2)NC(=O)[C@H](CCC(=O)O)NC(=O)[C@H](CCC)NC(=O)[C@H](CC2CNC3NCCCC23)NC(=O)[C@H]([C@@H](C)O)NC(=O)[C@@H]2CCCN2C(=O)[C@H](CC2CCC(O)CC2)NC(=O)[C@H](C(C)(C)C)NC1=O. The van der Waals surface area contributed by atoms with Gasteiger partial charge in [0.25, 0.3) is 0 Å². The highest BCUT2D eigenvalue weighted by atomic mass is 32.2. The normalized spacial score (nSPS) is 31.1. The van der Waals surface area contributed by atoms with Gasteiger partial charge in [-0.15, -0.1) is 0 Å². The molecule has 38 heteroatoms. The van der Waals surface area contributed by atoms with Crippen molar-refractivity contribution in [2.75, 3.05) is 31.1 Å². The predicted molar refractivity (Wildman–Crippen MR) is 452 cm³/mol. The average molecular weight is 1740 g/mol. The number of carbonyl (C=O) groups is 15. The van der Waals surface area contributed by atoms with Crippen molar-refractivity contribution >= 4 is 112 Å². The standard InChI is InChI=1S/C83H134N16O20S2/c1-10-16-55(87-46(6)102)71(108)95-63-43-121-41-50-20-13-19-49(35-50)40-120-42-62(69(84)107)94-80(117)66(44(4)100)96-74(111)57(18-12-3)89-75(112)59(36-47-23-27-52(103)28-24-47)91-73(110)58(31-32-65(105)106)90-72(109)56(17-11-2)88-76(113)60(38-51-39-86-70-54(51)21-14-33-85-70)92-79(116)67(45(5)101)97-78(115)64-22-15-34-99(64)82(119)61(37-48-25-29-53(104)30-26-48)93-81(118)68(83(7,8)9)98-77(63)114/h13,19-20,35,44-45,47-48,51-64,66-68,70,85-86,100-101,103-104H,10-12,14-18,21-34,36-43H2,1-9H3,(H2,84,107)(H,87,102)(H,88,113)(H,89,112)(H,90,109)(H,91,110)(H,92,116)(H,93,118)(H,94,117)(H,95,108)(H,96,111)(H,97,115)(H,98,114)(H,105,106)/t44-,45-,47?,48?,51?,52?,53?,54?,55+,56+,57+,58+,59+,60+,61+,62+,63+,64+,66+,67+,68-,70?/m1/s1. The van der Waals surface area contributed by atoms with Gasteiger partial charge in [0.1, 0.15) is 78.5 Å². The summed E-state index contributed by atoms with van der Waals surface area (Å²) in [5.41, 5.74) is 6.30. The van der Waals surface area contributed by atoms with Crippen LogP contribution in [0.3, 0.4) is 0 Å². The maximum atomic E-state index is 15.5. The molecule has 7 rings (SSSR count). The highest BCUT2D eigenvalue weighted by Crippen LogP contribution is 2.34. The molecule has 0 spiro atoms. The minimum Gasteiger partial charge on any atom is -0.481 e. The number of piperidine rings is 1. The number of nitrogens with two attached hydrogens (primary N) is 1. The first kappa shape index (κ1) is 99.8. The van der Waals surface area contributed by atoms with Crippen LogP contribution in [0.5, 0.6) is 0 Å². The summed E-state index contributed by atoms with van der Waals surface area (Å²) in [6.45, 7) is 15.2. The number of hydrogen-bond acceptors (Lipinski definition) is 23. The molecule has 21 N–H and O–H groups in total. The molecule has 121 heavy (non-hydrogen) atoms. The van der Waals surface area contributed by atoms with Crippen molar-refractivity contribution in [1.82, 2.24) is 79.3 Å². The molecule has 6 aliphatic rings. The quantitative estimate of drug-likeness (QED) is 0.0729. The number of benzene rings is 1. The van der Waals surface area contributed by atoms with Crippen molar-refractivity contribution in [2.24, 2.45) is 34.8 Å². The second kappa shape index (κ2) is 48.7. The lowest BCUT2D eigenvalue weighted by molar-refractivity contribution is -0.144. The minimum absolute atomic E-state index is 0.0136. The van der Waals surface area contributed by atoms with Gasteiger partial charge < -0.3 is 111 Å². The molecule has 678 valence electrons. The van der Waals surface area contributed by atoms with Gasteiger partial charge in [0, 0.05) is 42.9 Å². The smallest absolute Gasteiger partial charge is 0.303 e. The van der Waals surface area contributed by atoms with Crippen LogP contribution >= 0.6 is 23.5 Å². The van der Waals surface area contributed by atoms with Gasteiger partial charge in [0.05, 0.1) is 30.6 Å². The summed E-state index contributed by atoms with van der Waals surface area (Å²) >= 11 is 2.48. The third-order valence-electron chi connectivity index (χ3n) is 23.6. The van der Waals surface area contributed by atoms with Crippen LogP contribution in [0.1, 0.15) is 221 Å². The van der Waals surface area contributed by atoms with E-state index in [2.05, 4.69) is 74.4 Å². The maximum Gasteiger partial charge on any atom is 0.303 e. The van der Waals surface area contributed by atoms with Gasteiger partial charge in [-0.2, -0.15) is 23.5 Å². The molecule has 1 aromatic carbocycles. The van der Waals surface area contributed by atoms with Crippen molar-refractivity contribution in [1.29, 1.82) is 0 Å². The Kier molecular flexibility index (Phi) is 40.2. The van der Waals surface area contributed by atoms with E-state index in [-0.39, 0.29) is 124 Å². The largest absolute Gasteiger partial charge is 0.481 e. The molecule has 2 saturated carbocycles. The fourth-order valence-corrected chi connectivity index (χ4v) is 18.9. The molecule has 2 bridgehead atoms. The van der Waals surface area contributed by atoms with Crippen molar-refractivity contribution in [3.8, 4) is 0 Å². The number of carbonyl (C=O) groups excluding carboxylic acids is 14. The van der Waals surface area contributed by atoms with Crippen LogP contribution in [-0.2, 0) is 83.4 Å². The van der Waals surface area contributed by atoms with E-state index in [1.165, 1.54) is 49.2 Å². The van der Waals surface area contributed by atoms with Crippen LogP contribution in [0, 0.1) is 29.1 Å². The number of thioether (sulfide) groups is 2. The molecule has 3 unspecified atom stereocenters. The summed E-state index contributed by atoms with van der Waals surface area (Å²) < 4.78 is 0. The Morgan fingerprint density at radius 1 is 0.562 bits per heavy atom. The van der Waals surface area contributed by atoms with Crippen LogP contribution < -0.4 is 80.2 Å². The van der Waals surface area contributed by atoms with Crippen LogP contribution in [0.15, 0.2) is 24.3 Å². The molecule has 4 heterocycles. The van der Waals surface area contributed by atoms with Gasteiger partial charge in [-0.05, 0) is 189 Å². The highest BCUT2D eigenvalue weighted by molar-refractivity contribution is 7.98. The Balaban J connectivity index is 1.26. The van der Waals surface area contributed by atoms with Crippen molar-refractivity contribution in [3.63, 3.8) is 0 Å². The van der Waals surface area contributed by atoms with Gasteiger partial charge in [0.15, 0.2) is 0 Å². The molecular weight excluding hydrogens is 1610 g/mol. The number of carboxylic acids is 1. The van der Waals surface area contributed by atoms with E-state index in [0.717, 1.165) is 30.5 Å². The number of nitrogens with zero attached hydrogens (tertiary/aromatic N) is 1. The van der Waals surface area contributed by atoms with Crippen LogP contribution in [0.2, 0.25) is 0 Å². The van der Waals surface area contributed by atoms with E-state index in [1.807, 2.05) is 25.1 Å². The zero-order valence-electron chi connectivity index (χ0n) is 71.4. The molecule has 0 radical (unpaired) electrons. The zero-order valence-corrected chi connectivity index (χ0v) is 73.1. The highest BCUT2D eigenvalue weighted by Gasteiger charge is 2.46. The van der Waals surface area contributed by atoms with Crippen LogP contribution in [-0.4, -0.2) is 259 Å². The minimum atomic E-state index is -1.77. The summed E-state index contributed by atoms with van der Waals surface area (Å²) in [4.78, 5) is 217. The Morgan fingerprint density at radius 2 is 1.06 bits per heavy atom. The topological polar surface area (TPSA) is 555 Å². The summed E-state index contributed by atoms with van der Waals surface area (Å²) in [7, 11) is 0. The molecule has 5 fully saturated rings. The lowest BCUT2D eigenvalue weighted by Crippen LogP contribution is -2.63. The third-order valence-corrected chi connectivity index (χ3v) is 25.9. The second-order valence-electron chi connectivity index (χ2n) is 34.7. The molecular formula is C83H134N16O20S2. The molecule has 2 aliphatic carbocycles. The number of nitrogens with one attached hydrogen (secondary N) is 14. The average Bonchev–Trinajstić information content (AvgIpc) is 1.78. The summed E-state index contributed by atoms with van der Waals surface area (Å²) in [6.07, 6.45) is 0.491. The second-order valence-corrected chi connectivity index (χ2v) is 36.8. The molecule has 4 aliphatic heterocycles. The number of aliphatic hydroxyl groups excluding tert-OH is 4. The number of carboxylic acid groups (broad SMARTS) is 1. The zero-order chi connectivity index (χ0) is 88.9. The lowest BCUT2D eigenvalue weighted by Gasteiger charge is -2.36. The molecule has 14 amide bonds. The first-order valence-electron chi connectivity index (χ1n) is 43.2. The molecule has 3 saturated heterocycles. The Morgan fingerprint density at radius 3 is 1.59 bits per heavy atom. The summed E-state index contributed by atoms with van der Waals surface area (Å²) in [5, 5.41) is 93.1. The van der Waals surface area contributed by atoms with Gasteiger partial charge in [-0.1, -0.05) is 85.1 Å². The van der Waals surface area contributed by atoms with Gasteiger partial charge in [-0.25, -0.2) is 0 Å². The van der Waals surface area contributed by atoms with Crippen molar-refractivity contribution < 1.29 is 97.5 Å². The van der Waals surface area contributed by atoms with E-state index >= 15 is 24.0 Å². The van der Waals surface area contributed by atoms with Crippen LogP contribution in [0.25, 0.3) is 0 Å². The summed E-state index contributed by atoms with van der Waals surface area (Å²) in [5.74, 6) is -13.7. The predicted octanol–water partition coefficient (Wildman–Crippen LogP) is -0.629. The molecule has 36 nitrogen and oxygen atoms in total. The maximum absolute atomic E-state index is 15.5. The van der Waals surface area contributed by atoms with Crippen molar-refractivity contribution in [2.45, 2.75) is 331 Å². The van der Waals surface area contributed by atoms with Gasteiger partial charge in [0.2, 0.25) is 82.7 Å². The van der Waals surface area contributed by atoms with E-state index in [4.69, 9.17) is 5.73 Å². The number of rotatable bonds is 21. The first-order valence-corrected chi connectivity index (χ1v) is 45.5. The molecule has 1 aromatic rings. The number of amides is 14. The fourth-order valence-electron chi connectivity index (χ4n) is 16.9. The monoisotopic (exact) mass is 1740 g/mol. The van der Waals surface area contributed by atoms with E-state index in [0.29, 0.717) is 64.3 Å². The van der Waals surface area contributed by atoms with Gasteiger partial charge in [-0.3, -0.25) is 71.9 Å². The number of aliphatic hydroxyl groups is 4. The molecule has 0 aromatic heterocycles. The number of fused-ring (bicyclic) bond motifs is 4. The third kappa shape index (κ3) is 31.2. The van der Waals surface area contributed by atoms with Crippen molar-refractivity contribution in [3.05, 3.63) is 35.4 Å². The fraction of sp³-hybridized carbons (Fsp3) is 0.747. The van der Waals surface area contributed by atoms with E-state index in [1.54, 1.807) is 40.7 Å². The lowest BCUT2D eigenvalue weighted by atomic mass is 9.82. The van der Waals surface area contributed by atoms with E-state index in [9.17, 15) is 73.5 Å².